The fourth-order valence-electron chi connectivity index (χ4n) is 3.90. The molecular formula is C22H31N2O3+. The molecule has 1 aliphatic heterocycles. The van der Waals surface area contributed by atoms with Gasteiger partial charge in [0.2, 0.25) is 0 Å². The predicted molar refractivity (Wildman–Crippen MR) is 109 cm³/mol. The Balaban J connectivity index is 1.93. The van der Waals surface area contributed by atoms with E-state index in [0.29, 0.717) is 5.75 Å². The fraction of sp³-hybridized carbons (Fsp3) is 0.455. The normalized spacial score (nSPS) is 18.1. The van der Waals surface area contributed by atoms with Gasteiger partial charge in [0, 0.05) is 12.1 Å². The molecule has 1 saturated heterocycles. The minimum Gasteiger partial charge on any atom is -0.556 e. The number of nitrogens with one attached hydrogen (secondary N) is 1. The Morgan fingerprint density at radius 3 is 1.85 bits per heavy atom. The number of rotatable bonds is 5. The monoisotopic (exact) mass is 371 g/mol. The van der Waals surface area contributed by atoms with Gasteiger partial charge in [0.15, 0.2) is 5.75 Å². The summed E-state index contributed by atoms with van der Waals surface area (Å²) in [7, 11) is 1.31. The van der Waals surface area contributed by atoms with Crippen molar-refractivity contribution in [3.05, 3.63) is 59.3 Å². The van der Waals surface area contributed by atoms with Crippen LogP contribution >= 0.6 is 0 Å². The molecule has 5 nitrogen and oxygen atoms in total. The molecule has 5 heteroatoms. The molecule has 146 valence electrons. The second kappa shape index (κ2) is 7.98. The van der Waals surface area contributed by atoms with Gasteiger partial charge in [0.05, 0.1) is 13.1 Å². The van der Waals surface area contributed by atoms with Gasteiger partial charge in [-0.1, -0.05) is 32.9 Å². The van der Waals surface area contributed by atoms with Crippen molar-refractivity contribution in [2.75, 3.05) is 20.2 Å². The van der Waals surface area contributed by atoms with E-state index in [1.807, 2.05) is 12.1 Å². The molecule has 0 amide bonds. The smallest absolute Gasteiger partial charge is 0.195 e. The second-order valence-electron chi connectivity index (χ2n) is 8.32. The number of quaternary nitrogens is 2. The van der Waals surface area contributed by atoms with Gasteiger partial charge in [-0.05, 0) is 59.9 Å². The van der Waals surface area contributed by atoms with Gasteiger partial charge in [0.25, 0.3) is 0 Å². The van der Waals surface area contributed by atoms with Gasteiger partial charge in [-0.2, -0.15) is 4.84 Å². The Morgan fingerprint density at radius 2 is 1.37 bits per heavy atom. The minimum absolute atomic E-state index is 0.151. The minimum atomic E-state index is -0.692. The van der Waals surface area contributed by atoms with E-state index in [-0.39, 0.29) is 5.41 Å². The third kappa shape index (κ3) is 4.33. The number of piperidine rings is 1. The fourth-order valence-corrected chi connectivity index (χ4v) is 3.90. The van der Waals surface area contributed by atoms with Crippen LogP contribution in [0.25, 0.3) is 0 Å². The lowest BCUT2D eigenvalue weighted by Gasteiger charge is -2.41. The maximum absolute atomic E-state index is 11.3. The summed E-state index contributed by atoms with van der Waals surface area (Å²) in [4.78, 5) is 9.69. The molecule has 0 bridgehead atoms. The van der Waals surface area contributed by atoms with Gasteiger partial charge in [-0.3, -0.25) is 9.32 Å². The highest BCUT2D eigenvalue weighted by Crippen LogP contribution is 2.39. The molecule has 0 spiro atoms. The number of hydrogen-bond acceptors (Lipinski definition) is 3. The Labute approximate surface area is 162 Å². The van der Waals surface area contributed by atoms with E-state index in [4.69, 9.17) is 4.84 Å². The van der Waals surface area contributed by atoms with Crippen LogP contribution in [0.2, 0.25) is 0 Å². The molecule has 1 fully saturated rings. The second-order valence-corrected chi connectivity index (χ2v) is 8.32. The Hall–Kier alpha value is -1.92. The predicted octanol–water partition coefficient (Wildman–Crippen LogP) is 4.04. The van der Waals surface area contributed by atoms with Crippen LogP contribution in [0.3, 0.4) is 0 Å². The van der Waals surface area contributed by atoms with Gasteiger partial charge in [-0.25, -0.2) is 0 Å². The summed E-state index contributed by atoms with van der Waals surface area (Å²) >= 11 is 0. The first kappa shape index (κ1) is 19.8. The molecule has 0 radical (unpaired) electrons. The molecule has 2 aromatic carbocycles. The van der Waals surface area contributed by atoms with E-state index < -0.39 is 5.39 Å². The van der Waals surface area contributed by atoms with Gasteiger partial charge >= 0.3 is 0 Å². The molecule has 0 aromatic heterocycles. The first-order valence-corrected chi connectivity index (χ1v) is 9.70. The van der Waals surface area contributed by atoms with E-state index in [1.54, 1.807) is 0 Å². The van der Waals surface area contributed by atoms with E-state index >= 15 is 0 Å². The van der Waals surface area contributed by atoms with E-state index in [2.05, 4.69) is 62.0 Å². The average molecular weight is 372 g/mol. The largest absolute Gasteiger partial charge is 0.556 e. The Bertz CT molecular complexity index is 730. The van der Waals surface area contributed by atoms with Gasteiger partial charge in [0.1, 0.15) is 18.5 Å². The van der Waals surface area contributed by atoms with Crippen molar-refractivity contribution in [1.29, 1.82) is 0 Å². The molecular weight excluding hydrogens is 340 g/mol. The third-order valence-electron chi connectivity index (χ3n) is 5.51. The standard InChI is InChI=1S/C22H31N2O3/c1-22(2,3)18-8-10-19(11-9-18)24(16-6-5-7-17-24)20-12-14-21(15-13-20)27-23(25)26-4/h8-15,23H,5-7,16-17H2,1-4H3/q+1. The lowest BCUT2D eigenvalue weighted by molar-refractivity contribution is -1.18. The Morgan fingerprint density at radius 1 is 0.852 bits per heavy atom. The summed E-state index contributed by atoms with van der Waals surface area (Å²) in [5.41, 5.74) is 4.06. The number of benzene rings is 2. The summed E-state index contributed by atoms with van der Waals surface area (Å²) in [5.74, 6) is 0.504. The van der Waals surface area contributed by atoms with Crippen LogP contribution in [0.5, 0.6) is 5.75 Å². The molecule has 1 aliphatic rings. The van der Waals surface area contributed by atoms with Crippen LogP contribution < -0.4 is 14.7 Å². The molecule has 1 N–H and O–H groups in total. The lowest BCUT2D eigenvalue weighted by atomic mass is 9.87. The third-order valence-corrected chi connectivity index (χ3v) is 5.51. The van der Waals surface area contributed by atoms with Gasteiger partial charge < -0.3 is 5.21 Å². The summed E-state index contributed by atoms with van der Waals surface area (Å²) in [6.07, 6.45) is 3.70. The molecule has 1 heterocycles. The number of nitrogens with zero attached hydrogens (tertiary/aromatic N) is 1. The maximum atomic E-state index is 11.3. The van der Waals surface area contributed by atoms with Crippen LogP contribution in [-0.4, -0.2) is 20.2 Å². The van der Waals surface area contributed by atoms with Crippen LogP contribution in [0.1, 0.15) is 45.6 Å². The van der Waals surface area contributed by atoms with E-state index in [9.17, 15) is 5.21 Å². The van der Waals surface area contributed by atoms with Crippen LogP contribution in [0, 0.1) is 5.21 Å². The van der Waals surface area contributed by atoms with Crippen LogP contribution in [0.15, 0.2) is 48.5 Å². The quantitative estimate of drug-likeness (QED) is 0.637. The van der Waals surface area contributed by atoms with Crippen LogP contribution in [-0.2, 0) is 10.3 Å². The highest BCUT2D eigenvalue weighted by Gasteiger charge is 2.35. The van der Waals surface area contributed by atoms with E-state index in [1.165, 1.54) is 43.3 Å². The maximum Gasteiger partial charge on any atom is 0.195 e. The zero-order chi connectivity index (χ0) is 19.5. The highest BCUT2D eigenvalue weighted by atomic mass is 17.1. The van der Waals surface area contributed by atoms with E-state index in [0.717, 1.165) is 17.6 Å². The zero-order valence-electron chi connectivity index (χ0n) is 16.8. The van der Waals surface area contributed by atoms with Crippen molar-refractivity contribution in [3.8, 4) is 5.75 Å². The highest BCUT2D eigenvalue weighted by molar-refractivity contribution is 5.60. The van der Waals surface area contributed by atoms with Crippen molar-refractivity contribution in [2.24, 2.45) is 0 Å². The molecule has 1 atom stereocenters. The average Bonchev–Trinajstić information content (AvgIpc) is 2.68. The summed E-state index contributed by atoms with van der Waals surface area (Å²) < 4.78 is 0.850. The SMILES string of the molecule is CO[NH+]([O-])Oc1ccc([N+]2(c3ccc(C(C)(C)C)cc3)CCCCC2)cc1. The first-order valence-electron chi connectivity index (χ1n) is 9.70. The molecule has 27 heavy (non-hydrogen) atoms. The van der Waals surface area contributed by atoms with Crippen LogP contribution in [0.4, 0.5) is 11.4 Å². The first-order chi connectivity index (χ1) is 12.8. The number of hydrogen-bond donors (Lipinski definition) is 1. The molecule has 1 unspecified atom stereocenters. The molecule has 2 aromatic rings. The molecule has 0 saturated carbocycles. The summed E-state index contributed by atoms with van der Waals surface area (Å²) in [6.45, 7) is 8.91. The zero-order valence-corrected chi connectivity index (χ0v) is 16.8. The summed E-state index contributed by atoms with van der Waals surface area (Å²) in [5, 5.41) is 10.6. The molecule has 3 rings (SSSR count). The summed E-state index contributed by atoms with van der Waals surface area (Å²) in [6, 6.07) is 16.9. The van der Waals surface area contributed by atoms with Gasteiger partial charge in [-0.15, -0.1) is 0 Å². The Kier molecular flexibility index (Phi) is 5.86. The van der Waals surface area contributed by atoms with Crippen molar-refractivity contribution in [3.63, 3.8) is 0 Å². The van der Waals surface area contributed by atoms with Crippen molar-refractivity contribution < 1.29 is 15.1 Å². The molecule has 0 aliphatic carbocycles. The van der Waals surface area contributed by atoms with Crippen molar-refractivity contribution in [1.82, 2.24) is 4.48 Å². The topological polar surface area (TPSA) is 46.0 Å². The van der Waals surface area contributed by atoms with Crippen molar-refractivity contribution in [2.45, 2.75) is 45.4 Å². The van der Waals surface area contributed by atoms with Crippen molar-refractivity contribution >= 4 is 11.4 Å². The lowest BCUT2D eigenvalue weighted by Crippen LogP contribution is -3.07.